The molecule has 0 fully saturated rings. The summed E-state index contributed by atoms with van der Waals surface area (Å²) in [4.78, 5) is 24.5. The second-order valence-corrected chi connectivity index (χ2v) is 5.75. The lowest BCUT2D eigenvalue weighted by atomic mass is 10.3. The van der Waals surface area contributed by atoms with Crippen molar-refractivity contribution in [3.8, 4) is 5.69 Å². The Kier molecular flexibility index (Phi) is 4.16. The maximum Gasteiger partial charge on any atom is 0.269 e. The van der Waals surface area contributed by atoms with E-state index in [9.17, 15) is 4.79 Å². The topological polar surface area (TPSA) is 97.6 Å². The number of carbonyl (C=O) groups excluding carboxylic acids is 1. The Balaban J connectivity index is 1.62. The third-order valence-corrected chi connectivity index (χ3v) is 3.89. The van der Waals surface area contributed by atoms with Crippen molar-refractivity contribution in [1.29, 1.82) is 0 Å². The van der Waals surface area contributed by atoms with Gasteiger partial charge in [0.05, 0.1) is 17.3 Å². The van der Waals surface area contributed by atoms with Crippen LogP contribution in [0.3, 0.4) is 0 Å². The third kappa shape index (κ3) is 3.05. The fourth-order valence-corrected chi connectivity index (χ4v) is 2.62. The van der Waals surface area contributed by atoms with Gasteiger partial charge in [-0.05, 0) is 30.3 Å². The lowest BCUT2D eigenvalue weighted by molar-refractivity contribution is 0.0962. The minimum Gasteiger partial charge on any atom is -0.281 e. The van der Waals surface area contributed by atoms with Gasteiger partial charge in [0.25, 0.3) is 5.91 Å². The molecule has 4 aromatic rings. The standard InChI is InChI=1S/C17H12ClN7O/c18-12-2-1-3-13(8-12)25-16-14(9-22-25)15(20-10-21-16)23-24-17(26)11-4-6-19-7-5-11/h1-10H,(H,24,26)(H,20,21,23). The molecule has 8 nitrogen and oxygen atoms in total. The van der Waals surface area contributed by atoms with E-state index in [4.69, 9.17) is 11.6 Å². The Morgan fingerprint density at radius 3 is 2.77 bits per heavy atom. The molecule has 0 aliphatic carbocycles. The van der Waals surface area contributed by atoms with Gasteiger partial charge in [-0.15, -0.1) is 0 Å². The Morgan fingerprint density at radius 1 is 1.12 bits per heavy atom. The summed E-state index contributed by atoms with van der Waals surface area (Å²) < 4.78 is 1.65. The zero-order chi connectivity index (χ0) is 17.9. The molecule has 26 heavy (non-hydrogen) atoms. The first-order valence-electron chi connectivity index (χ1n) is 7.63. The molecule has 9 heteroatoms. The first-order chi connectivity index (χ1) is 12.7. The number of benzene rings is 1. The number of amides is 1. The predicted octanol–water partition coefficient (Wildman–Crippen LogP) is 2.62. The first-order valence-corrected chi connectivity index (χ1v) is 8.01. The van der Waals surface area contributed by atoms with Gasteiger partial charge in [0.1, 0.15) is 6.33 Å². The van der Waals surface area contributed by atoms with Gasteiger partial charge in [-0.3, -0.25) is 20.6 Å². The predicted molar refractivity (Wildman–Crippen MR) is 97.0 cm³/mol. The quantitative estimate of drug-likeness (QED) is 0.539. The number of hydrazine groups is 1. The molecule has 0 radical (unpaired) electrons. The Morgan fingerprint density at radius 2 is 1.96 bits per heavy atom. The number of aromatic nitrogens is 5. The van der Waals surface area contributed by atoms with Crippen molar-refractivity contribution in [3.05, 3.63) is 71.9 Å². The molecule has 0 spiro atoms. The monoisotopic (exact) mass is 365 g/mol. The van der Waals surface area contributed by atoms with Crippen LogP contribution in [-0.2, 0) is 0 Å². The van der Waals surface area contributed by atoms with Crippen LogP contribution < -0.4 is 10.9 Å². The van der Waals surface area contributed by atoms with E-state index in [2.05, 4.69) is 30.9 Å². The van der Waals surface area contributed by atoms with Crippen molar-refractivity contribution < 1.29 is 4.79 Å². The van der Waals surface area contributed by atoms with Crippen LogP contribution in [0, 0.1) is 0 Å². The number of halogens is 1. The molecule has 0 saturated carbocycles. The van der Waals surface area contributed by atoms with Crippen LogP contribution in [0.15, 0.2) is 61.3 Å². The summed E-state index contributed by atoms with van der Waals surface area (Å²) in [5.74, 6) is 0.132. The van der Waals surface area contributed by atoms with Crippen molar-refractivity contribution in [1.82, 2.24) is 30.2 Å². The number of carbonyl (C=O) groups is 1. The summed E-state index contributed by atoms with van der Waals surface area (Å²) >= 11 is 6.05. The number of nitrogens with zero attached hydrogens (tertiary/aromatic N) is 5. The Bertz CT molecular complexity index is 1080. The number of hydrogen-bond donors (Lipinski definition) is 2. The minimum atomic E-state index is -0.304. The van der Waals surface area contributed by atoms with E-state index in [1.807, 2.05) is 12.1 Å². The maximum atomic E-state index is 12.1. The molecule has 0 bridgehead atoms. The van der Waals surface area contributed by atoms with E-state index in [1.165, 1.54) is 6.33 Å². The summed E-state index contributed by atoms with van der Waals surface area (Å²) in [6.07, 6.45) is 6.11. The van der Waals surface area contributed by atoms with Gasteiger partial charge in [-0.1, -0.05) is 17.7 Å². The van der Waals surface area contributed by atoms with Gasteiger partial charge in [0, 0.05) is 23.0 Å². The summed E-state index contributed by atoms with van der Waals surface area (Å²) in [5.41, 5.74) is 7.25. The van der Waals surface area contributed by atoms with Crippen molar-refractivity contribution >= 4 is 34.4 Å². The molecule has 1 amide bonds. The fourth-order valence-electron chi connectivity index (χ4n) is 2.43. The molecule has 0 atom stereocenters. The highest BCUT2D eigenvalue weighted by molar-refractivity contribution is 6.30. The Labute approximate surface area is 152 Å². The van der Waals surface area contributed by atoms with Crippen LogP contribution in [0.2, 0.25) is 5.02 Å². The van der Waals surface area contributed by atoms with Crippen LogP contribution in [-0.4, -0.2) is 30.6 Å². The van der Waals surface area contributed by atoms with Gasteiger partial charge in [0.15, 0.2) is 11.5 Å². The molecule has 3 aromatic heterocycles. The van der Waals surface area contributed by atoms with Crippen molar-refractivity contribution in [2.45, 2.75) is 0 Å². The van der Waals surface area contributed by atoms with Gasteiger partial charge in [-0.2, -0.15) is 5.10 Å². The zero-order valence-corrected chi connectivity index (χ0v) is 14.1. The van der Waals surface area contributed by atoms with Gasteiger partial charge in [0.2, 0.25) is 0 Å². The highest BCUT2D eigenvalue weighted by Gasteiger charge is 2.12. The normalized spacial score (nSPS) is 10.7. The molecular formula is C17H12ClN7O. The van der Waals surface area contributed by atoms with Crippen LogP contribution in [0.1, 0.15) is 10.4 Å². The molecule has 0 aliphatic heterocycles. The lowest BCUT2D eigenvalue weighted by Crippen LogP contribution is -2.29. The summed E-state index contributed by atoms with van der Waals surface area (Å²) in [7, 11) is 0. The number of fused-ring (bicyclic) bond motifs is 1. The molecule has 3 heterocycles. The third-order valence-electron chi connectivity index (χ3n) is 3.66. The van der Waals surface area contributed by atoms with Gasteiger partial charge >= 0.3 is 0 Å². The van der Waals surface area contributed by atoms with E-state index in [1.54, 1.807) is 47.5 Å². The zero-order valence-electron chi connectivity index (χ0n) is 13.3. The van der Waals surface area contributed by atoms with Crippen LogP contribution in [0.5, 0.6) is 0 Å². The summed E-state index contributed by atoms with van der Waals surface area (Å²) in [5, 5.41) is 5.60. The SMILES string of the molecule is O=C(NNc1ncnc2c1cnn2-c1cccc(Cl)c1)c1ccncc1. The molecule has 2 N–H and O–H groups in total. The van der Waals surface area contributed by atoms with Gasteiger partial charge < -0.3 is 0 Å². The molecule has 0 unspecified atom stereocenters. The summed E-state index contributed by atoms with van der Waals surface area (Å²) in [6, 6.07) is 10.5. The number of hydrogen-bond acceptors (Lipinski definition) is 6. The Hall–Kier alpha value is -3.52. The van der Waals surface area contributed by atoms with Crippen molar-refractivity contribution in [2.75, 3.05) is 5.43 Å². The summed E-state index contributed by atoms with van der Waals surface area (Å²) in [6.45, 7) is 0. The number of nitrogens with one attached hydrogen (secondary N) is 2. The minimum absolute atomic E-state index is 0.304. The van der Waals surface area contributed by atoms with Crippen LogP contribution in [0.4, 0.5) is 5.82 Å². The lowest BCUT2D eigenvalue weighted by Gasteiger charge is -2.08. The number of rotatable bonds is 4. The second kappa shape index (κ2) is 6.77. The number of anilines is 1. The average molecular weight is 366 g/mol. The molecule has 0 saturated heterocycles. The van der Waals surface area contributed by atoms with E-state index >= 15 is 0 Å². The second-order valence-electron chi connectivity index (χ2n) is 5.31. The largest absolute Gasteiger partial charge is 0.281 e. The van der Waals surface area contributed by atoms with Crippen molar-refractivity contribution in [3.63, 3.8) is 0 Å². The van der Waals surface area contributed by atoms with E-state index in [0.717, 1.165) is 5.69 Å². The average Bonchev–Trinajstić information content (AvgIpc) is 3.11. The van der Waals surface area contributed by atoms with E-state index in [-0.39, 0.29) is 5.91 Å². The molecule has 1 aromatic carbocycles. The molecule has 4 rings (SSSR count). The first kappa shape index (κ1) is 16.0. The maximum absolute atomic E-state index is 12.1. The fraction of sp³-hybridized carbons (Fsp3) is 0. The number of pyridine rings is 1. The molecule has 128 valence electrons. The smallest absolute Gasteiger partial charge is 0.269 e. The highest BCUT2D eigenvalue weighted by atomic mass is 35.5. The highest BCUT2D eigenvalue weighted by Crippen LogP contribution is 2.22. The molecular weight excluding hydrogens is 354 g/mol. The van der Waals surface area contributed by atoms with Gasteiger partial charge in [-0.25, -0.2) is 14.6 Å². The van der Waals surface area contributed by atoms with E-state index in [0.29, 0.717) is 27.4 Å². The van der Waals surface area contributed by atoms with E-state index < -0.39 is 0 Å². The molecule has 0 aliphatic rings. The van der Waals surface area contributed by atoms with Crippen molar-refractivity contribution in [2.24, 2.45) is 0 Å². The van der Waals surface area contributed by atoms with Crippen LogP contribution >= 0.6 is 11.6 Å². The van der Waals surface area contributed by atoms with Crippen LogP contribution in [0.25, 0.3) is 16.7 Å².